The summed E-state index contributed by atoms with van der Waals surface area (Å²) >= 11 is 0. The molecular formula is C8H18OS. The quantitative estimate of drug-likeness (QED) is 0.567. The molecule has 0 saturated carbocycles. The van der Waals surface area contributed by atoms with Gasteiger partial charge < -0.3 is 0 Å². The lowest BCUT2D eigenvalue weighted by molar-refractivity contribution is 0.644. The van der Waals surface area contributed by atoms with Crippen molar-refractivity contribution in [2.45, 2.75) is 38.9 Å². The summed E-state index contributed by atoms with van der Waals surface area (Å²) in [5.41, 5.74) is 0. The van der Waals surface area contributed by atoms with Gasteiger partial charge in [-0.05, 0) is 42.6 Å². The summed E-state index contributed by atoms with van der Waals surface area (Å²) in [6.45, 7) is 7.99. The van der Waals surface area contributed by atoms with E-state index in [1.165, 1.54) is 0 Å². The van der Waals surface area contributed by atoms with Crippen molar-refractivity contribution in [1.29, 1.82) is 0 Å². The standard InChI is InChI=1S/C8H18OS/c1-6-7-10(5,9)8(2,3)4/h5-7H2,1-4H3. The molecule has 0 amide bonds. The average molecular weight is 162 g/mol. The SMILES string of the molecule is C=S(=O)(CCC)C(C)(C)C. The van der Waals surface area contributed by atoms with Crippen LogP contribution < -0.4 is 0 Å². The third-order valence-corrected chi connectivity index (χ3v) is 4.95. The van der Waals surface area contributed by atoms with E-state index in [-0.39, 0.29) is 4.75 Å². The first-order valence-corrected chi connectivity index (χ1v) is 5.55. The van der Waals surface area contributed by atoms with Gasteiger partial charge in [-0.15, -0.1) is 0 Å². The van der Waals surface area contributed by atoms with Gasteiger partial charge in [0, 0.05) is 10.5 Å². The van der Waals surface area contributed by atoms with E-state index in [0.29, 0.717) is 0 Å². The van der Waals surface area contributed by atoms with E-state index in [1.54, 1.807) is 0 Å². The van der Waals surface area contributed by atoms with Crippen molar-refractivity contribution in [3.05, 3.63) is 0 Å². The summed E-state index contributed by atoms with van der Waals surface area (Å²) in [6, 6.07) is 0. The van der Waals surface area contributed by atoms with Gasteiger partial charge in [-0.3, -0.25) is 4.21 Å². The number of hydrogen-bond donors (Lipinski definition) is 0. The molecule has 1 unspecified atom stereocenters. The van der Waals surface area contributed by atoms with E-state index in [2.05, 4.69) is 5.87 Å². The van der Waals surface area contributed by atoms with Gasteiger partial charge in [0.25, 0.3) is 0 Å². The van der Waals surface area contributed by atoms with Crippen LogP contribution in [0.15, 0.2) is 0 Å². The van der Waals surface area contributed by atoms with Crippen LogP contribution in [0.25, 0.3) is 0 Å². The molecule has 0 N–H and O–H groups in total. The van der Waals surface area contributed by atoms with Crippen LogP contribution in [0.3, 0.4) is 0 Å². The van der Waals surface area contributed by atoms with E-state index in [9.17, 15) is 4.21 Å². The highest BCUT2D eigenvalue weighted by molar-refractivity contribution is 8.01. The first-order valence-electron chi connectivity index (χ1n) is 3.66. The fraction of sp³-hybridized carbons (Fsp3) is 0.875. The van der Waals surface area contributed by atoms with E-state index in [0.717, 1.165) is 12.2 Å². The maximum atomic E-state index is 11.7. The van der Waals surface area contributed by atoms with Gasteiger partial charge in [-0.25, -0.2) is 0 Å². The number of hydrogen-bond acceptors (Lipinski definition) is 1. The summed E-state index contributed by atoms with van der Waals surface area (Å²) in [5, 5.41) is 0. The van der Waals surface area contributed by atoms with Crippen LogP contribution >= 0.6 is 0 Å². The second kappa shape index (κ2) is 2.95. The highest BCUT2D eigenvalue weighted by Gasteiger charge is 2.21. The summed E-state index contributed by atoms with van der Waals surface area (Å²) < 4.78 is 11.6. The monoisotopic (exact) mass is 162 g/mol. The minimum atomic E-state index is -1.85. The summed E-state index contributed by atoms with van der Waals surface area (Å²) in [7, 11) is -1.85. The molecule has 0 fully saturated rings. The second-order valence-corrected chi connectivity index (χ2v) is 6.88. The van der Waals surface area contributed by atoms with Crippen LogP contribution in [0.5, 0.6) is 0 Å². The van der Waals surface area contributed by atoms with E-state index in [1.807, 2.05) is 27.7 Å². The van der Waals surface area contributed by atoms with Crippen molar-refractivity contribution in [2.24, 2.45) is 0 Å². The van der Waals surface area contributed by atoms with E-state index >= 15 is 0 Å². The molecule has 0 aromatic carbocycles. The molecule has 0 rings (SSSR count). The lowest BCUT2D eigenvalue weighted by Gasteiger charge is -2.23. The molecule has 2 heteroatoms. The minimum absolute atomic E-state index is 0.136. The Morgan fingerprint density at radius 3 is 1.90 bits per heavy atom. The maximum Gasteiger partial charge on any atom is 0.0299 e. The molecule has 0 bridgehead atoms. The molecule has 0 aliphatic carbocycles. The van der Waals surface area contributed by atoms with E-state index < -0.39 is 9.52 Å². The van der Waals surface area contributed by atoms with Crippen molar-refractivity contribution in [1.82, 2.24) is 0 Å². The molecule has 10 heavy (non-hydrogen) atoms. The Labute approximate surface area is 64.8 Å². The van der Waals surface area contributed by atoms with Crippen molar-refractivity contribution >= 4 is 15.4 Å². The van der Waals surface area contributed by atoms with Gasteiger partial charge in [0.15, 0.2) is 0 Å². The van der Waals surface area contributed by atoms with Gasteiger partial charge in [0.05, 0.1) is 0 Å². The highest BCUT2D eigenvalue weighted by atomic mass is 32.2. The Balaban J connectivity index is 4.44. The Kier molecular flexibility index (Phi) is 2.96. The molecule has 0 radical (unpaired) electrons. The third kappa shape index (κ3) is 2.33. The molecular weight excluding hydrogens is 144 g/mol. The van der Waals surface area contributed by atoms with Crippen molar-refractivity contribution in [3.8, 4) is 0 Å². The summed E-state index contributed by atoms with van der Waals surface area (Å²) in [5.74, 6) is 4.51. The largest absolute Gasteiger partial charge is 0.267 e. The fourth-order valence-corrected chi connectivity index (χ4v) is 1.91. The lowest BCUT2D eigenvalue weighted by atomic mass is 10.3. The molecule has 0 aromatic rings. The summed E-state index contributed by atoms with van der Waals surface area (Å²) in [4.78, 5) is 0. The Morgan fingerprint density at radius 1 is 1.40 bits per heavy atom. The zero-order valence-electron chi connectivity index (χ0n) is 7.44. The molecule has 0 saturated heterocycles. The van der Waals surface area contributed by atoms with Gasteiger partial charge in [-0.1, -0.05) is 6.92 Å². The number of rotatable bonds is 2. The Morgan fingerprint density at radius 2 is 1.80 bits per heavy atom. The van der Waals surface area contributed by atoms with Crippen LogP contribution in [-0.4, -0.2) is 20.6 Å². The minimum Gasteiger partial charge on any atom is -0.267 e. The predicted molar refractivity (Wildman–Crippen MR) is 50.2 cm³/mol. The molecule has 0 spiro atoms. The first kappa shape index (κ1) is 10.0. The average Bonchev–Trinajstić information content (AvgIpc) is 1.61. The Hall–Kier alpha value is 0.0200. The van der Waals surface area contributed by atoms with Crippen LogP contribution in [0.4, 0.5) is 0 Å². The van der Waals surface area contributed by atoms with Crippen LogP contribution in [-0.2, 0) is 9.52 Å². The van der Waals surface area contributed by atoms with Crippen LogP contribution in [0.1, 0.15) is 34.1 Å². The zero-order valence-corrected chi connectivity index (χ0v) is 8.25. The summed E-state index contributed by atoms with van der Waals surface area (Å²) in [6.07, 6.45) is 0.958. The van der Waals surface area contributed by atoms with Gasteiger partial charge in [0.1, 0.15) is 0 Å². The maximum absolute atomic E-state index is 11.7. The molecule has 1 atom stereocenters. The fourth-order valence-electron chi connectivity index (χ4n) is 0.636. The predicted octanol–water partition coefficient (Wildman–Crippen LogP) is 1.91. The molecule has 0 aliphatic rings. The van der Waals surface area contributed by atoms with Crippen LogP contribution in [0.2, 0.25) is 0 Å². The zero-order chi connectivity index (χ0) is 8.41. The molecule has 0 aromatic heterocycles. The molecule has 1 nitrogen and oxygen atoms in total. The van der Waals surface area contributed by atoms with Crippen molar-refractivity contribution in [3.63, 3.8) is 0 Å². The topological polar surface area (TPSA) is 17.1 Å². The molecule has 62 valence electrons. The first-order chi connectivity index (χ1) is 4.31. The van der Waals surface area contributed by atoms with Gasteiger partial charge in [-0.2, -0.15) is 0 Å². The van der Waals surface area contributed by atoms with Crippen molar-refractivity contribution in [2.75, 3.05) is 5.75 Å². The Bertz CT molecular complexity index is 182. The van der Waals surface area contributed by atoms with E-state index in [4.69, 9.17) is 0 Å². The third-order valence-electron chi connectivity index (χ3n) is 1.65. The van der Waals surface area contributed by atoms with Crippen molar-refractivity contribution < 1.29 is 4.21 Å². The smallest absolute Gasteiger partial charge is 0.0299 e. The lowest BCUT2D eigenvalue weighted by Crippen LogP contribution is -2.29. The molecule has 0 heterocycles. The van der Waals surface area contributed by atoms with Crippen LogP contribution in [0, 0.1) is 0 Å². The molecule has 0 aliphatic heterocycles. The van der Waals surface area contributed by atoms with Gasteiger partial charge >= 0.3 is 0 Å². The second-order valence-electron chi connectivity index (χ2n) is 3.63. The normalized spacial score (nSPS) is 18.4. The van der Waals surface area contributed by atoms with Gasteiger partial charge in [0.2, 0.25) is 0 Å². The highest BCUT2D eigenvalue weighted by Crippen LogP contribution is 2.16.